The second kappa shape index (κ2) is 4.30. The number of rotatable bonds is 1. The standard InChI is InChI=1S/C14H27NO/c1-11-8-12(2)10-14(16,9-11)13(15)6-4-3-5-7-13/h11-12,16H,3-10,15H2,1-2H3. The van der Waals surface area contributed by atoms with Gasteiger partial charge in [0.15, 0.2) is 0 Å². The molecule has 2 fully saturated rings. The SMILES string of the molecule is CC1CC(C)CC(O)(C2(N)CCCCC2)C1. The maximum atomic E-state index is 11.0. The van der Waals surface area contributed by atoms with Crippen LogP contribution in [-0.4, -0.2) is 16.2 Å². The van der Waals surface area contributed by atoms with Crippen LogP contribution < -0.4 is 5.73 Å². The van der Waals surface area contributed by atoms with Gasteiger partial charge in [0.2, 0.25) is 0 Å². The molecule has 2 nitrogen and oxygen atoms in total. The lowest BCUT2D eigenvalue weighted by molar-refractivity contribution is -0.102. The monoisotopic (exact) mass is 225 g/mol. The molecule has 94 valence electrons. The van der Waals surface area contributed by atoms with E-state index in [1.54, 1.807) is 0 Å². The van der Waals surface area contributed by atoms with Gasteiger partial charge in [-0.25, -0.2) is 0 Å². The zero-order valence-electron chi connectivity index (χ0n) is 10.8. The highest BCUT2D eigenvalue weighted by Crippen LogP contribution is 2.46. The Bertz CT molecular complexity index is 235. The van der Waals surface area contributed by atoms with Crippen molar-refractivity contribution in [1.82, 2.24) is 0 Å². The molecule has 0 spiro atoms. The maximum Gasteiger partial charge on any atom is 0.0831 e. The van der Waals surface area contributed by atoms with Crippen LogP contribution in [0.2, 0.25) is 0 Å². The molecular formula is C14H27NO. The first kappa shape index (κ1) is 12.4. The van der Waals surface area contributed by atoms with Crippen molar-refractivity contribution in [3.05, 3.63) is 0 Å². The van der Waals surface area contributed by atoms with E-state index in [4.69, 9.17) is 5.73 Å². The van der Waals surface area contributed by atoms with Crippen molar-refractivity contribution in [2.45, 2.75) is 76.4 Å². The lowest BCUT2D eigenvalue weighted by atomic mass is 9.61. The minimum Gasteiger partial charge on any atom is -0.388 e. The summed E-state index contributed by atoms with van der Waals surface area (Å²) in [5.74, 6) is 1.24. The second-order valence-corrected chi connectivity index (χ2v) is 6.60. The molecule has 0 aromatic heterocycles. The van der Waals surface area contributed by atoms with E-state index in [1.807, 2.05) is 0 Å². The molecule has 0 aliphatic heterocycles. The zero-order chi connectivity index (χ0) is 11.8. The van der Waals surface area contributed by atoms with E-state index in [-0.39, 0.29) is 5.54 Å². The van der Waals surface area contributed by atoms with Crippen molar-refractivity contribution in [3.8, 4) is 0 Å². The summed E-state index contributed by atoms with van der Waals surface area (Å²) in [5, 5.41) is 11.0. The van der Waals surface area contributed by atoms with Gasteiger partial charge in [-0.3, -0.25) is 0 Å². The van der Waals surface area contributed by atoms with Crippen molar-refractivity contribution in [2.24, 2.45) is 17.6 Å². The quantitative estimate of drug-likeness (QED) is 0.721. The highest BCUT2D eigenvalue weighted by atomic mass is 16.3. The fourth-order valence-corrected chi connectivity index (χ4v) is 4.14. The molecular weight excluding hydrogens is 198 g/mol. The first-order valence-corrected chi connectivity index (χ1v) is 6.96. The van der Waals surface area contributed by atoms with Gasteiger partial charge in [0.05, 0.1) is 5.60 Å². The normalized spacial score (nSPS) is 44.2. The van der Waals surface area contributed by atoms with Crippen LogP contribution in [0, 0.1) is 11.8 Å². The second-order valence-electron chi connectivity index (χ2n) is 6.60. The Labute approximate surface area is 99.6 Å². The Morgan fingerprint density at radius 1 is 1.00 bits per heavy atom. The molecule has 16 heavy (non-hydrogen) atoms. The molecule has 2 rings (SSSR count). The summed E-state index contributed by atoms with van der Waals surface area (Å²) in [7, 11) is 0. The van der Waals surface area contributed by atoms with Gasteiger partial charge in [0.1, 0.15) is 0 Å². The van der Waals surface area contributed by atoms with Crippen LogP contribution >= 0.6 is 0 Å². The molecule has 0 aromatic rings. The molecule has 0 bridgehead atoms. The van der Waals surface area contributed by atoms with Gasteiger partial charge in [-0.1, -0.05) is 33.1 Å². The molecule has 0 amide bonds. The topological polar surface area (TPSA) is 46.2 Å². The fraction of sp³-hybridized carbons (Fsp3) is 1.00. The Balaban J connectivity index is 2.15. The average molecular weight is 225 g/mol. The smallest absolute Gasteiger partial charge is 0.0831 e. The van der Waals surface area contributed by atoms with Crippen molar-refractivity contribution < 1.29 is 5.11 Å². The molecule has 2 aliphatic rings. The van der Waals surface area contributed by atoms with Crippen molar-refractivity contribution in [3.63, 3.8) is 0 Å². The van der Waals surface area contributed by atoms with Crippen molar-refractivity contribution in [1.29, 1.82) is 0 Å². The summed E-state index contributed by atoms with van der Waals surface area (Å²) >= 11 is 0. The van der Waals surface area contributed by atoms with Gasteiger partial charge in [-0.15, -0.1) is 0 Å². The third kappa shape index (κ3) is 2.14. The Morgan fingerprint density at radius 3 is 2.00 bits per heavy atom. The zero-order valence-corrected chi connectivity index (χ0v) is 10.8. The predicted molar refractivity (Wildman–Crippen MR) is 67.1 cm³/mol. The largest absolute Gasteiger partial charge is 0.388 e. The molecule has 3 N–H and O–H groups in total. The van der Waals surface area contributed by atoms with E-state index in [1.165, 1.54) is 25.7 Å². The van der Waals surface area contributed by atoms with Crippen LogP contribution in [0.3, 0.4) is 0 Å². The van der Waals surface area contributed by atoms with Gasteiger partial charge in [-0.2, -0.15) is 0 Å². The number of aliphatic hydroxyl groups is 1. The lowest BCUT2D eigenvalue weighted by Crippen LogP contribution is -2.63. The van der Waals surface area contributed by atoms with Crippen LogP contribution in [0.5, 0.6) is 0 Å². The summed E-state index contributed by atoms with van der Waals surface area (Å²) in [6.07, 6.45) is 8.79. The molecule has 2 aliphatic carbocycles. The highest BCUT2D eigenvalue weighted by molar-refractivity contribution is 5.07. The first-order chi connectivity index (χ1) is 7.45. The molecule has 0 aromatic carbocycles. The summed E-state index contributed by atoms with van der Waals surface area (Å²) in [5.41, 5.74) is 5.65. The minimum atomic E-state index is -0.593. The minimum absolute atomic E-state index is 0.297. The Morgan fingerprint density at radius 2 is 1.50 bits per heavy atom. The molecule has 2 atom stereocenters. The van der Waals surface area contributed by atoms with E-state index in [9.17, 15) is 5.11 Å². The third-order valence-corrected chi connectivity index (χ3v) is 4.85. The fourth-order valence-electron chi connectivity index (χ4n) is 4.14. The van der Waals surface area contributed by atoms with E-state index >= 15 is 0 Å². The number of nitrogens with two attached hydrogens (primary N) is 1. The van der Waals surface area contributed by atoms with Crippen LogP contribution in [0.4, 0.5) is 0 Å². The third-order valence-electron chi connectivity index (χ3n) is 4.85. The van der Waals surface area contributed by atoms with E-state index < -0.39 is 5.60 Å². The molecule has 0 radical (unpaired) electrons. The van der Waals surface area contributed by atoms with E-state index in [0.29, 0.717) is 11.8 Å². The number of hydrogen-bond donors (Lipinski definition) is 2. The van der Waals surface area contributed by atoms with Gasteiger partial charge in [-0.05, 0) is 43.9 Å². The predicted octanol–water partition coefficient (Wildman–Crippen LogP) is 2.84. The van der Waals surface area contributed by atoms with Crippen LogP contribution in [0.15, 0.2) is 0 Å². The summed E-state index contributed by atoms with van der Waals surface area (Å²) in [4.78, 5) is 0. The van der Waals surface area contributed by atoms with Crippen molar-refractivity contribution >= 4 is 0 Å². The summed E-state index contributed by atoms with van der Waals surface area (Å²) in [6, 6.07) is 0. The molecule has 0 heterocycles. The maximum absolute atomic E-state index is 11.0. The average Bonchev–Trinajstić information content (AvgIpc) is 2.16. The number of hydrogen-bond acceptors (Lipinski definition) is 2. The van der Waals surface area contributed by atoms with Gasteiger partial charge >= 0.3 is 0 Å². The van der Waals surface area contributed by atoms with Crippen LogP contribution in [-0.2, 0) is 0 Å². The molecule has 2 heteroatoms. The highest BCUT2D eigenvalue weighted by Gasteiger charge is 2.50. The van der Waals surface area contributed by atoms with Gasteiger partial charge < -0.3 is 10.8 Å². The first-order valence-electron chi connectivity index (χ1n) is 6.96. The van der Waals surface area contributed by atoms with Gasteiger partial charge in [0, 0.05) is 5.54 Å². The summed E-state index contributed by atoms with van der Waals surface area (Å²) < 4.78 is 0. The molecule has 2 unspecified atom stereocenters. The van der Waals surface area contributed by atoms with Gasteiger partial charge in [0.25, 0.3) is 0 Å². The Hall–Kier alpha value is -0.0800. The van der Waals surface area contributed by atoms with Crippen molar-refractivity contribution in [2.75, 3.05) is 0 Å². The van der Waals surface area contributed by atoms with Crippen LogP contribution in [0.25, 0.3) is 0 Å². The summed E-state index contributed by atoms with van der Waals surface area (Å²) in [6.45, 7) is 4.51. The Kier molecular flexibility index (Phi) is 3.33. The van der Waals surface area contributed by atoms with Crippen LogP contribution in [0.1, 0.15) is 65.2 Å². The molecule has 2 saturated carbocycles. The molecule has 0 saturated heterocycles. The lowest BCUT2D eigenvalue weighted by Gasteiger charge is -2.52. The van der Waals surface area contributed by atoms with E-state index in [0.717, 1.165) is 25.7 Å². The van der Waals surface area contributed by atoms with E-state index in [2.05, 4.69) is 13.8 Å².